The molecule has 0 bridgehead atoms. The first-order chi connectivity index (χ1) is 20.7. The van der Waals surface area contributed by atoms with Crippen molar-refractivity contribution in [2.75, 3.05) is 0 Å². The van der Waals surface area contributed by atoms with Crippen LogP contribution in [-0.2, 0) is 0 Å². The Bertz CT molecular complexity index is 2450. The molecule has 0 amide bonds. The molecule has 2 heterocycles. The van der Waals surface area contributed by atoms with Crippen LogP contribution in [0.3, 0.4) is 0 Å². The van der Waals surface area contributed by atoms with Gasteiger partial charge in [0.05, 0.1) is 23.3 Å². The molecule has 0 aliphatic rings. The van der Waals surface area contributed by atoms with E-state index in [-0.39, 0.29) is 0 Å². The van der Waals surface area contributed by atoms with Gasteiger partial charge >= 0.3 is 0 Å². The summed E-state index contributed by atoms with van der Waals surface area (Å²) >= 11 is 1.80. The van der Waals surface area contributed by atoms with Crippen LogP contribution in [0.5, 0.6) is 0 Å². The maximum absolute atomic E-state index is 10.0. The Morgan fingerprint density at radius 1 is 0.500 bits per heavy atom. The molecule has 6 aromatic carbocycles. The molecule has 0 saturated carbocycles. The van der Waals surface area contributed by atoms with Crippen LogP contribution >= 0.6 is 11.3 Å². The van der Waals surface area contributed by atoms with Crippen molar-refractivity contribution >= 4 is 53.4 Å². The Balaban J connectivity index is 1.41. The second kappa shape index (κ2) is 9.46. The van der Waals surface area contributed by atoms with Gasteiger partial charge in [0.1, 0.15) is 11.2 Å². The number of hydrogen-bond acceptors (Lipinski definition) is 4. The van der Waals surface area contributed by atoms with Crippen LogP contribution in [0.1, 0.15) is 11.1 Å². The fraction of sp³-hybridized carbons (Fsp3) is 0. The van der Waals surface area contributed by atoms with Gasteiger partial charge in [-0.2, -0.15) is 10.5 Å². The van der Waals surface area contributed by atoms with E-state index in [4.69, 9.17) is 4.42 Å². The number of nitrogens with zero attached hydrogens (tertiary/aromatic N) is 2. The van der Waals surface area contributed by atoms with Crippen molar-refractivity contribution in [1.29, 1.82) is 10.5 Å². The molecule has 0 radical (unpaired) electrons. The monoisotopic (exact) mass is 552 g/mol. The third kappa shape index (κ3) is 3.79. The number of hydrogen-bond donors (Lipinski definition) is 0. The lowest BCUT2D eigenvalue weighted by atomic mass is 9.90. The van der Waals surface area contributed by atoms with Crippen molar-refractivity contribution in [3.05, 3.63) is 132 Å². The van der Waals surface area contributed by atoms with Crippen molar-refractivity contribution in [1.82, 2.24) is 0 Å². The smallest absolute Gasteiger partial charge is 0.143 e. The summed E-state index contributed by atoms with van der Waals surface area (Å²) in [5.41, 5.74) is 8.44. The highest BCUT2D eigenvalue weighted by Crippen LogP contribution is 2.41. The molecule has 8 aromatic rings. The van der Waals surface area contributed by atoms with Crippen LogP contribution in [0.25, 0.3) is 75.5 Å². The second-order valence-electron chi connectivity index (χ2n) is 10.4. The minimum absolute atomic E-state index is 0.466. The number of benzene rings is 6. The Hall–Kier alpha value is -5.68. The average molecular weight is 553 g/mol. The Labute approximate surface area is 245 Å². The summed E-state index contributed by atoms with van der Waals surface area (Å²) in [4.78, 5) is 0. The molecule has 4 heteroatoms. The first-order valence-corrected chi connectivity index (χ1v) is 14.4. The summed E-state index contributed by atoms with van der Waals surface area (Å²) in [5, 5.41) is 24.1. The van der Waals surface area contributed by atoms with E-state index in [2.05, 4.69) is 97.1 Å². The van der Waals surface area contributed by atoms with E-state index in [9.17, 15) is 10.5 Å². The molecule has 0 atom stereocenters. The first-order valence-electron chi connectivity index (χ1n) is 13.6. The number of para-hydroxylation sites is 2. The molecular weight excluding hydrogens is 532 g/mol. The lowest BCUT2D eigenvalue weighted by molar-refractivity contribution is 0.670. The van der Waals surface area contributed by atoms with E-state index in [1.807, 2.05) is 24.3 Å². The van der Waals surface area contributed by atoms with Gasteiger partial charge in [0.25, 0.3) is 0 Å². The van der Waals surface area contributed by atoms with Crippen LogP contribution in [0, 0.1) is 22.7 Å². The quantitative estimate of drug-likeness (QED) is 0.219. The fourth-order valence-corrected chi connectivity index (χ4v) is 7.03. The molecular formula is C38H20N2OS. The van der Waals surface area contributed by atoms with Gasteiger partial charge in [0, 0.05) is 36.5 Å². The van der Waals surface area contributed by atoms with Crippen molar-refractivity contribution in [2.24, 2.45) is 0 Å². The van der Waals surface area contributed by atoms with E-state index in [0.29, 0.717) is 11.1 Å². The Morgan fingerprint density at radius 2 is 1.24 bits per heavy atom. The zero-order valence-electron chi connectivity index (χ0n) is 22.3. The number of nitriles is 2. The SMILES string of the molecule is N#Cc1ccc(-c2cc(-c3ccc4sc5ccccc5c4c3)cc(-c3cccc4c3oc3ccccc34)c2)c(C#N)c1. The van der Waals surface area contributed by atoms with E-state index >= 15 is 0 Å². The van der Waals surface area contributed by atoms with Crippen LogP contribution < -0.4 is 0 Å². The predicted molar refractivity (Wildman–Crippen MR) is 172 cm³/mol. The maximum Gasteiger partial charge on any atom is 0.143 e. The Kier molecular flexibility index (Phi) is 5.44. The van der Waals surface area contributed by atoms with Crippen molar-refractivity contribution in [3.63, 3.8) is 0 Å². The van der Waals surface area contributed by atoms with Gasteiger partial charge < -0.3 is 4.42 Å². The predicted octanol–water partition coefficient (Wildman–Crippen LogP) is 10.7. The molecule has 42 heavy (non-hydrogen) atoms. The molecule has 0 spiro atoms. The number of furan rings is 1. The van der Waals surface area contributed by atoms with Crippen LogP contribution in [0.15, 0.2) is 126 Å². The van der Waals surface area contributed by atoms with Crippen molar-refractivity contribution in [2.45, 2.75) is 0 Å². The highest BCUT2D eigenvalue weighted by atomic mass is 32.1. The molecule has 8 rings (SSSR count). The lowest BCUT2D eigenvalue weighted by Gasteiger charge is -2.13. The van der Waals surface area contributed by atoms with Gasteiger partial charge in [-0.3, -0.25) is 0 Å². The van der Waals surface area contributed by atoms with Gasteiger partial charge in [-0.05, 0) is 82.4 Å². The molecule has 194 valence electrons. The molecule has 0 aliphatic carbocycles. The largest absolute Gasteiger partial charge is 0.455 e. The summed E-state index contributed by atoms with van der Waals surface area (Å²) in [7, 11) is 0. The van der Waals surface area contributed by atoms with Crippen molar-refractivity contribution in [3.8, 4) is 45.5 Å². The normalized spacial score (nSPS) is 11.3. The summed E-state index contributed by atoms with van der Waals surface area (Å²) in [5.74, 6) is 0. The van der Waals surface area contributed by atoms with Crippen molar-refractivity contribution < 1.29 is 4.42 Å². The zero-order chi connectivity index (χ0) is 28.2. The summed E-state index contributed by atoms with van der Waals surface area (Å²) in [6, 6.07) is 45.7. The van der Waals surface area contributed by atoms with Gasteiger partial charge in [-0.1, -0.05) is 66.7 Å². The van der Waals surface area contributed by atoms with Gasteiger partial charge in [0.15, 0.2) is 0 Å². The number of rotatable bonds is 3. The molecule has 0 saturated heterocycles. The molecule has 0 unspecified atom stereocenters. The zero-order valence-corrected chi connectivity index (χ0v) is 23.1. The minimum Gasteiger partial charge on any atom is -0.455 e. The van der Waals surface area contributed by atoms with Gasteiger partial charge in [-0.15, -0.1) is 11.3 Å². The highest BCUT2D eigenvalue weighted by Gasteiger charge is 2.16. The highest BCUT2D eigenvalue weighted by molar-refractivity contribution is 7.25. The summed E-state index contributed by atoms with van der Waals surface area (Å²) in [6.07, 6.45) is 0. The number of thiophene rings is 1. The standard InChI is InChI=1S/C38H20N2OS/c39-21-23-12-14-29(28(16-23)22-40)26-17-25(24-13-15-37-34(20-24)32-7-2-4-11-36(32)42-37)18-27(19-26)30-8-5-9-33-31-6-1-3-10-35(31)41-38(30)33/h1-20H. The van der Waals surface area contributed by atoms with Crippen LogP contribution in [0.2, 0.25) is 0 Å². The summed E-state index contributed by atoms with van der Waals surface area (Å²) in [6.45, 7) is 0. The topological polar surface area (TPSA) is 60.7 Å². The molecule has 0 N–H and O–H groups in total. The van der Waals surface area contributed by atoms with E-state index in [1.54, 1.807) is 23.5 Å². The average Bonchev–Trinajstić information content (AvgIpc) is 3.62. The van der Waals surface area contributed by atoms with Crippen LogP contribution in [-0.4, -0.2) is 0 Å². The lowest BCUT2D eigenvalue weighted by Crippen LogP contribution is -1.90. The fourth-order valence-electron chi connectivity index (χ4n) is 5.94. The van der Waals surface area contributed by atoms with E-state index in [0.717, 1.165) is 55.3 Å². The second-order valence-corrected chi connectivity index (χ2v) is 11.5. The molecule has 0 aliphatic heterocycles. The third-order valence-corrected chi connectivity index (χ3v) is 9.09. The first kappa shape index (κ1) is 24.1. The van der Waals surface area contributed by atoms with E-state index in [1.165, 1.54) is 20.2 Å². The minimum atomic E-state index is 0.466. The maximum atomic E-state index is 10.0. The van der Waals surface area contributed by atoms with Crippen LogP contribution in [0.4, 0.5) is 0 Å². The third-order valence-electron chi connectivity index (χ3n) is 7.94. The Morgan fingerprint density at radius 3 is 2.10 bits per heavy atom. The molecule has 0 fully saturated rings. The van der Waals surface area contributed by atoms with Gasteiger partial charge in [-0.25, -0.2) is 0 Å². The van der Waals surface area contributed by atoms with E-state index < -0.39 is 0 Å². The molecule has 3 nitrogen and oxygen atoms in total. The summed E-state index contributed by atoms with van der Waals surface area (Å²) < 4.78 is 8.94. The molecule has 2 aromatic heterocycles. The van der Waals surface area contributed by atoms with Gasteiger partial charge in [0.2, 0.25) is 0 Å². The number of fused-ring (bicyclic) bond motifs is 6.